The highest BCUT2D eigenvalue weighted by molar-refractivity contribution is 7.98. The second kappa shape index (κ2) is 6.18. The Morgan fingerprint density at radius 2 is 2.22 bits per heavy atom. The number of aryl methyl sites for hydroxylation is 1. The highest BCUT2D eigenvalue weighted by Gasteiger charge is 2.03. The molecule has 2 rings (SSSR count). The van der Waals surface area contributed by atoms with Crippen molar-refractivity contribution >= 4 is 23.4 Å². The van der Waals surface area contributed by atoms with Crippen LogP contribution in [0.3, 0.4) is 0 Å². The minimum absolute atomic E-state index is 0.480. The van der Waals surface area contributed by atoms with Crippen molar-refractivity contribution in [2.24, 2.45) is 5.73 Å². The molecule has 0 amide bonds. The quantitative estimate of drug-likeness (QED) is 0.874. The van der Waals surface area contributed by atoms with Crippen LogP contribution in [0, 0.1) is 6.92 Å². The lowest BCUT2D eigenvalue weighted by atomic mass is 10.2. The van der Waals surface area contributed by atoms with Gasteiger partial charge in [0.1, 0.15) is 5.82 Å². The maximum atomic E-state index is 5.93. The van der Waals surface area contributed by atoms with E-state index in [0.29, 0.717) is 6.54 Å². The average molecular weight is 280 g/mol. The zero-order valence-electron chi connectivity index (χ0n) is 10.1. The molecular formula is C13H14ClN3S. The number of rotatable bonds is 4. The van der Waals surface area contributed by atoms with E-state index in [0.717, 1.165) is 32.8 Å². The van der Waals surface area contributed by atoms with Gasteiger partial charge in [0.2, 0.25) is 0 Å². The minimum atomic E-state index is 0.480. The van der Waals surface area contributed by atoms with Crippen molar-refractivity contribution in [1.82, 2.24) is 9.97 Å². The first-order valence-electron chi connectivity index (χ1n) is 5.59. The summed E-state index contributed by atoms with van der Waals surface area (Å²) in [5.41, 5.74) is 7.53. The van der Waals surface area contributed by atoms with Crippen molar-refractivity contribution in [2.45, 2.75) is 24.1 Å². The Hall–Kier alpha value is -1.10. The van der Waals surface area contributed by atoms with Gasteiger partial charge in [0.25, 0.3) is 0 Å². The molecule has 0 atom stereocenters. The SMILES string of the molecule is Cc1nc(CSc2cccc(Cl)c2)ncc1CN. The lowest BCUT2D eigenvalue weighted by molar-refractivity contribution is 0.923. The highest BCUT2D eigenvalue weighted by atomic mass is 35.5. The molecule has 0 radical (unpaired) electrons. The monoisotopic (exact) mass is 279 g/mol. The molecule has 1 heterocycles. The fourth-order valence-electron chi connectivity index (χ4n) is 1.51. The van der Waals surface area contributed by atoms with E-state index < -0.39 is 0 Å². The van der Waals surface area contributed by atoms with E-state index in [9.17, 15) is 0 Å². The summed E-state index contributed by atoms with van der Waals surface area (Å²) in [6.45, 7) is 2.44. The molecule has 0 aliphatic carbocycles. The molecule has 0 bridgehead atoms. The Morgan fingerprint density at radius 1 is 1.39 bits per heavy atom. The Kier molecular flexibility index (Phi) is 4.58. The van der Waals surface area contributed by atoms with Gasteiger partial charge in [-0.1, -0.05) is 17.7 Å². The van der Waals surface area contributed by atoms with Gasteiger partial charge in [-0.05, 0) is 25.1 Å². The molecule has 0 aliphatic rings. The van der Waals surface area contributed by atoms with Crippen molar-refractivity contribution in [2.75, 3.05) is 0 Å². The van der Waals surface area contributed by atoms with Crippen molar-refractivity contribution in [1.29, 1.82) is 0 Å². The third kappa shape index (κ3) is 3.45. The maximum absolute atomic E-state index is 5.93. The van der Waals surface area contributed by atoms with Gasteiger partial charge in [-0.2, -0.15) is 0 Å². The smallest absolute Gasteiger partial charge is 0.138 e. The van der Waals surface area contributed by atoms with E-state index in [-0.39, 0.29) is 0 Å². The van der Waals surface area contributed by atoms with Crippen LogP contribution in [0.25, 0.3) is 0 Å². The molecule has 0 fully saturated rings. The lowest BCUT2D eigenvalue weighted by Crippen LogP contribution is -2.04. The van der Waals surface area contributed by atoms with E-state index in [1.807, 2.05) is 31.2 Å². The van der Waals surface area contributed by atoms with Crippen LogP contribution in [0.15, 0.2) is 35.4 Å². The van der Waals surface area contributed by atoms with Gasteiger partial charge in [0.15, 0.2) is 0 Å². The number of hydrogen-bond donors (Lipinski definition) is 1. The van der Waals surface area contributed by atoms with E-state index in [1.165, 1.54) is 0 Å². The van der Waals surface area contributed by atoms with Crippen LogP contribution in [0.1, 0.15) is 17.1 Å². The molecule has 1 aromatic heterocycles. The second-order valence-corrected chi connectivity index (χ2v) is 5.33. The van der Waals surface area contributed by atoms with Crippen LogP contribution in [-0.4, -0.2) is 9.97 Å². The Morgan fingerprint density at radius 3 is 2.89 bits per heavy atom. The van der Waals surface area contributed by atoms with Crippen molar-refractivity contribution in [3.05, 3.63) is 52.6 Å². The summed E-state index contributed by atoms with van der Waals surface area (Å²) in [5, 5.41) is 0.746. The topological polar surface area (TPSA) is 51.8 Å². The van der Waals surface area contributed by atoms with Gasteiger partial charge in [-0.25, -0.2) is 9.97 Å². The Bertz CT molecular complexity index is 546. The summed E-state index contributed by atoms with van der Waals surface area (Å²) in [6.07, 6.45) is 1.80. The third-order valence-electron chi connectivity index (χ3n) is 2.51. The maximum Gasteiger partial charge on any atom is 0.138 e. The summed E-state index contributed by atoms with van der Waals surface area (Å²) >= 11 is 7.60. The van der Waals surface area contributed by atoms with Gasteiger partial charge < -0.3 is 5.73 Å². The Balaban J connectivity index is 2.04. The Labute approximate surface area is 116 Å². The molecule has 3 nitrogen and oxygen atoms in total. The van der Waals surface area contributed by atoms with Crippen molar-refractivity contribution in [3.8, 4) is 0 Å². The summed E-state index contributed by atoms with van der Waals surface area (Å²) in [5.74, 6) is 1.54. The fourth-order valence-corrected chi connectivity index (χ4v) is 2.59. The van der Waals surface area contributed by atoms with Crippen LogP contribution in [0.4, 0.5) is 0 Å². The van der Waals surface area contributed by atoms with E-state index in [2.05, 4.69) is 9.97 Å². The fraction of sp³-hybridized carbons (Fsp3) is 0.231. The van der Waals surface area contributed by atoms with Crippen LogP contribution < -0.4 is 5.73 Å². The number of nitrogens with two attached hydrogens (primary N) is 1. The molecule has 18 heavy (non-hydrogen) atoms. The first-order chi connectivity index (χ1) is 8.69. The van der Waals surface area contributed by atoms with Gasteiger partial charge in [-0.15, -0.1) is 11.8 Å². The molecule has 0 saturated carbocycles. The molecule has 2 N–H and O–H groups in total. The number of benzene rings is 1. The zero-order valence-corrected chi connectivity index (χ0v) is 11.6. The molecular weight excluding hydrogens is 266 g/mol. The number of aromatic nitrogens is 2. The predicted octanol–water partition coefficient (Wildman–Crippen LogP) is 3.19. The highest BCUT2D eigenvalue weighted by Crippen LogP contribution is 2.24. The average Bonchev–Trinajstić information content (AvgIpc) is 2.37. The second-order valence-electron chi connectivity index (χ2n) is 3.85. The standard InChI is InChI=1S/C13H14ClN3S/c1-9-10(6-15)7-16-13(17-9)8-18-12-4-2-3-11(14)5-12/h2-5,7H,6,8,15H2,1H3. The van der Waals surface area contributed by atoms with E-state index in [4.69, 9.17) is 17.3 Å². The normalized spacial score (nSPS) is 10.6. The number of halogens is 1. The largest absolute Gasteiger partial charge is 0.326 e. The molecule has 94 valence electrons. The first-order valence-corrected chi connectivity index (χ1v) is 6.95. The van der Waals surface area contributed by atoms with Gasteiger partial charge >= 0.3 is 0 Å². The molecule has 2 aromatic rings. The zero-order chi connectivity index (χ0) is 13.0. The summed E-state index contributed by atoms with van der Waals surface area (Å²) in [7, 11) is 0. The number of hydrogen-bond acceptors (Lipinski definition) is 4. The number of thioether (sulfide) groups is 1. The van der Waals surface area contributed by atoms with E-state index in [1.54, 1.807) is 18.0 Å². The van der Waals surface area contributed by atoms with Gasteiger partial charge in [0.05, 0.1) is 5.75 Å². The van der Waals surface area contributed by atoms with E-state index >= 15 is 0 Å². The minimum Gasteiger partial charge on any atom is -0.326 e. The van der Waals surface area contributed by atoms with Crippen LogP contribution >= 0.6 is 23.4 Å². The summed E-state index contributed by atoms with van der Waals surface area (Å²) < 4.78 is 0. The lowest BCUT2D eigenvalue weighted by Gasteiger charge is -2.05. The predicted molar refractivity (Wildman–Crippen MR) is 75.7 cm³/mol. The van der Waals surface area contributed by atoms with Crippen molar-refractivity contribution < 1.29 is 0 Å². The number of nitrogens with zero attached hydrogens (tertiary/aromatic N) is 2. The summed E-state index contributed by atoms with van der Waals surface area (Å²) in [4.78, 5) is 9.86. The van der Waals surface area contributed by atoms with Crippen LogP contribution in [0.5, 0.6) is 0 Å². The van der Waals surface area contributed by atoms with Crippen molar-refractivity contribution in [3.63, 3.8) is 0 Å². The molecule has 0 unspecified atom stereocenters. The van der Waals surface area contributed by atoms with Crippen LogP contribution in [0.2, 0.25) is 5.02 Å². The molecule has 0 aliphatic heterocycles. The first kappa shape index (κ1) is 13.3. The third-order valence-corrected chi connectivity index (χ3v) is 3.74. The molecule has 1 aromatic carbocycles. The molecule has 0 spiro atoms. The van der Waals surface area contributed by atoms with Gasteiger partial charge in [0, 0.05) is 33.9 Å². The van der Waals surface area contributed by atoms with Gasteiger partial charge in [-0.3, -0.25) is 0 Å². The molecule has 5 heteroatoms. The molecule has 0 saturated heterocycles. The van der Waals surface area contributed by atoms with Crippen LogP contribution in [-0.2, 0) is 12.3 Å². The summed E-state index contributed by atoms with van der Waals surface area (Å²) in [6, 6.07) is 7.77.